The molecule has 0 radical (unpaired) electrons. The third kappa shape index (κ3) is 4.99. The van der Waals surface area contributed by atoms with Crippen LogP contribution in [0.25, 0.3) is 0 Å². The number of aliphatic imine (C=N–C) groups is 1. The summed E-state index contributed by atoms with van der Waals surface area (Å²) in [6.07, 6.45) is -0.413. The number of nitrogens with one attached hydrogen (secondary N) is 1. The van der Waals surface area contributed by atoms with Crippen LogP contribution in [-0.4, -0.2) is 22.6 Å². The predicted octanol–water partition coefficient (Wildman–Crippen LogP) is 5.87. The zero-order valence-corrected chi connectivity index (χ0v) is 18.7. The van der Waals surface area contributed by atoms with Gasteiger partial charge in [0.25, 0.3) is 0 Å². The molecule has 0 saturated heterocycles. The average molecular weight is 428 g/mol. The van der Waals surface area contributed by atoms with Crippen LogP contribution in [0.1, 0.15) is 49.5 Å². The van der Waals surface area contributed by atoms with Crippen molar-refractivity contribution in [1.82, 2.24) is 10.2 Å². The Hall–Kier alpha value is -3.60. The van der Waals surface area contributed by atoms with Gasteiger partial charge in [0, 0.05) is 6.54 Å². The molecule has 5 nitrogen and oxygen atoms in total. The lowest BCUT2D eigenvalue weighted by atomic mass is 9.94. The average Bonchev–Trinajstić information content (AvgIpc) is 3.18. The summed E-state index contributed by atoms with van der Waals surface area (Å²) in [6.45, 7) is 6.19. The maximum atomic E-state index is 13.4. The van der Waals surface area contributed by atoms with Gasteiger partial charge in [-0.05, 0) is 37.5 Å². The van der Waals surface area contributed by atoms with Crippen molar-refractivity contribution in [3.8, 4) is 0 Å². The molecule has 164 valence electrons. The van der Waals surface area contributed by atoms with Gasteiger partial charge in [-0.2, -0.15) is 0 Å². The number of nitrogens with zero attached hydrogens (tertiary/aromatic N) is 2. The first kappa shape index (κ1) is 21.6. The van der Waals surface area contributed by atoms with Crippen molar-refractivity contribution in [2.75, 3.05) is 0 Å². The molecular weight excluding hydrogens is 398 g/mol. The van der Waals surface area contributed by atoms with Crippen molar-refractivity contribution < 1.29 is 9.53 Å². The molecule has 3 aromatic rings. The highest BCUT2D eigenvalue weighted by atomic mass is 16.6. The minimum absolute atomic E-state index is 0.246. The number of hydrogen-bond donors (Lipinski definition) is 1. The molecule has 1 aliphatic heterocycles. The van der Waals surface area contributed by atoms with Crippen molar-refractivity contribution in [2.45, 2.75) is 45.0 Å². The maximum absolute atomic E-state index is 13.4. The van der Waals surface area contributed by atoms with Crippen LogP contribution in [0.2, 0.25) is 0 Å². The van der Waals surface area contributed by atoms with E-state index in [1.807, 2.05) is 99.6 Å². The zero-order valence-electron chi connectivity index (χ0n) is 18.7. The van der Waals surface area contributed by atoms with E-state index in [4.69, 9.17) is 9.73 Å². The minimum atomic E-state index is -0.617. The predicted molar refractivity (Wildman–Crippen MR) is 127 cm³/mol. The highest BCUT2D eigenvalue weighted by Gasteiger charge is 2.43. The maximum Gasteiger partial charge on any atom is 0.417 e. The first-order valence-corrected chi connectivity index (χ1v) is 10.9. The van der Waals surface area contributed by atoms with E-state index in [1.54, 1.807) is 4.90 Å². The zero-order chi connectivity index (χ0) is 22.6. The number of amides is 1. The molecule has 0 saturated carbocycles. The molecule has 1 aliphatic rings. The summed E-state index contributed by atoms with van der Waals surface area (Å²) in [6, 6.07) is 29.6. The number of ether oxygens (including phenoxy) is 1. The molecule has 0 bridgehead atoms. The molecule has 0 unspecified atom stereocenters. The fourth-order valence-electron chi connectivity index (χ4n) is 3.85. The number of carbonyl (C=O) groups excluding carboxylic acids is 1. The second kappa shape index (κ2) is 9.27. The molecule has 5 heteroatoms. The molecule has 0 spiro atoms. The van der Waals surface area contributed by atoms with E-state index in [-0.39, 0.29) is 12.1 Å². The Morgan fingerprint density at radius 1 is 0.875 bits per heavy atom. The van der Waals surface area contributed by atoms with Crippen molar-refractivity contribution in [3.63, 3.8) is 0 Å². The van der Waals surface area contributed by atoms with Crippen LogP contribution in [0.4, 0.5) is 4.79 Å². The third-order valence-electron chi connectivity index (χ3n) is 5.23. The summed E-state index contributed by atoms with van der Waals surface area (Å²) in [7, 11) is 0. The van der Waals surface area contributed by atoms with Gasteiger partial charge in [-0.1, -0.05) is 91.0 Å². The van der Waals surface area contributed by atoms with E-state index in [1.165, 1.54) is 0 Å². The van der Waals surface area contributed by atoms with Crippen molar-refractivity contribution in [3.05, 3.63) is 108 Å². The lowest BCUT2D eigenvalue weighted by Crippen LogP contribution is -2.46. The van der Waals surface area contributed by atoms with Gasteiger partial charge in [0.2, 0.25) is 5.96 Å². The fourth-order valence-corrected chi connectivity index (χ4v) is 3.85. The number of hydrogen-bond acceptors (Lipinski definition) is 4. The van der Waals surface area contributed by atoms with Gasteiger partial charge < -0.3 is 10.1 Å². The number of carbonyl (C=O) groups is 1. The summed E-state index contributed by atoms with van der Waals surface area (Å²) in [5.41, 5.74) is 2.55. The quantitative estimate of drug-likeness (QED) is 0.567. The molecule has 0 aliphatic carbocycles. The van der Waals surface area contributed by atoms with Crippen LogP contribution in [0.3, 0.4) is 0 Å². The highest BCUT2D eigenvalue weighted by Crippen LogP contribution is 2.42. The molecule has 2 atom stereocenters. The Kier molecular flexibility index (Phi) is 6.26. The number of guanidine groups is 1. The van der Waals surface area contributed by atoms with Gasteiger partial charge in [0.05, 0.1) is 6.04 Å². The van der Waals surface area contributed by atoms with E-state index in [9.17, 15) is 4.79 Å². The summed E-state index contributed by atoms with van der Waals surface area (Å²) in [5, 5.41) is 3.39. The Morgan fingerprint density at radius 3 is 1.97 bits per heavy atom. The molecule has 3 aromatic carbocycles. The summed E-state index contributed by atoms with van der Waals surface area (Å²) in [5.74, 6) is 0.519. The Morgan fingerprint density at radius 2 is 1.41 bits per heavy atom. The monoisotopic (exact) mass is 427 g/mol. The second-order valence-electron chi connectivity index (χ2n) is 8.85. The standard InChI is InChI=1S/C27H29N3O2/c1-27(2,3)32-26(31)30-24(22-17-11-6-12-18-22)23(21-15-9-5-10-16-21)29-25(30)28-19-20-13-7-4-8-14-20/h4-18,23-24H,19H2,1-3H3,(H,28,29)/t23-,24+/m1/s1. The first-order chi connectivity index (χ1) is 15.4. The summed E-state index contributed by atoms with van der Waals surface area (Å²) < 4.78 is 5.81. The second-order valence-corrected chi connectivity index (χ2v) is 8.85. The minimum Gasteiger partial charge on any atom is -0.443 e. The summed E-state index contributed by atoms with van der Waals surface area (Å²) >= 11 is 0. The topological polar surface area (TPSA) is 53.9 Å². The van der Waals surface area contributed by atoms with E-state index in [0.29, 0.717) is 12.5 Å². The van der Waals surface area contributed by atoms with Crippen LogP contribution in [0.15, 0.2) is 96.0 Å². The normalized spacial score (nSPS) is 18.2. The summed E-state index contributed by atoms with van der Waals surface area (Å²) in [4.78, 5) is 20.1. The molecular formula is C27H29N3O2. The SMILES string of the molecule is CC(C)(C)OC(=O)N1C(NCc2ccccc2)=N[C@H](c2ccccc2)[C@@H]1c1ccccc1. The lowest BCUT2D eigenvalue weighted by Gasteiger charge is -2.31. The van der Waals surface area contributed by atoms with Gasteiger partial charge in [-0.15, -0.1) is 0 Å². The number of benzene rings is 3. The fraction of sp³-hybridized carbons (Fsp3) is 0.259. The molecule has 1 heterocycles. The van der Waals surface area contributed by atoms with Crippen molar-refractivity contribution in [2.24, 2.45) is 4.99 Å². The van der Waals surface area contributed by atoms with Gasteiger partial charge in [0.15, 0.2) is 0 Å². The number of rotatable bonds is 4. The smallest absolute Gasteiger partial charge is 0.417 e. The van der Waals surface area contributed by atoms with Crippen LogP contribution < -0.4 is 5.32 Å². The molecule has 1 amide bonds. The van der Waals surface area contributed by atoms with Crippen LogP contribution in [0.5, 0.6) is 0 Å². The Bertz CT molecular complexity index is 1060. The molecule has 32 heavy (non-hydrogen) atoms. The van der Waals surface area contributed by atoms with Gasteiger partial charge in [0.1, 0.15) is 11.6 Å². The first-order valence-electron chi connectivity index (χ1n) is 10.9. The van der Waals surface area contributed by atoms with Gasteiger partial charge >= 0.3 is 6.09 Å². The van der Waals surface area contributed by atoms with Gasteiger partial charge in [-0.3, -0.25) is 0 Å². The molecule has 0 fully saturated rings. The van der Waals surface area contributed by atoms with Crippen LogP contribution in [0, 0.1) is 0 Å². The van der Waals surface area contributed by atoms with E-state index >= 15 is 0 Å². The molecule has 4 rings (SSSR count). The largest absolute Gasteiger partial charge is 0.443 e. The third-order valence-corrected chi connectivity index (χ3v) is 5.23. The van der Waals surface area contributed by atoms with Crippen molar-refractivity contribution in [1.29, 1.82) is 0 Å². The van der Waals surface area contributed by atoms with Crippen LogP contribution >= 0.6 is 0 Å². The van der Waals surface area contributed by atoms with Gasteiger partial charge in [-0.25, -0.2) is 14.7 Å². The van der Waals surface area contributed by atoms with Crippen molar-refractivity contribution >= 4 is 12.1 Å². The van der Waals surface area contributed by atoms with Crippen LogP contribution in [-0.2, 0) is 11.3 Å². The molecule has 1 N–H and O–H groups in total. The highest BCUT2D eigenvalue weighted by molar-refractivity contribution is 5.96. The van der Waals surface area contributed by atoms with E-state index in [2.05, 4.69) is 17.4 Å². The molecule has 0 aromatic heterocycles. The van der Waals surface area contributed by atoms with E-state index in [0.717, 1.165) is 16.7 Å². The Balaban J connectivity index is 1.74. The lowest BCUT2D eigenvalue weighted by molar-refractivity contribution is 0.0310. The van der Waals surface area contributed by atoms with E-state index < -0.39 is 11.7 Å². The Labute approximate surface area is 189 Å².